The number of benzene rings is 3. The van der Waals surface area contributed by atoms with E-state index in [0.29, 0.717) is 0 Å². The van der Waals surface area contributed by atoms with Gasteiger partial charge in [0.05, 0.1) is 5.56 Å². The van der Waals surface area contributed by atoms with Gasteiger partial charge in [-0.1, -0.05) is 36.4 Å². The summed E-state index contributed by atoms with van der Waals surface area (Å²) in [4.78, 5) is 36.3. The van der Waals surface area contributed by atoms with E-state index < -0.39 is 24.1 Å². The Hall–Kier alpha value is -3.87. The third kappa shape index (κ3) is 4.72. The summed E-state index contributed by atoms with van der Waals surface area (Å²) in [6.45, 7) is 1.60. The van der Waals surface area contributed by atoms with Gasteiger partial charge in [-0.25, -0.2) is 14.4 Å². The van der Waals surface area contributed by atoms with Crippen LogP contribution in [-0.4, -0.2) is 45.3 Å². The molecule has 0 aromatic heterocycles. The van der Waals surface area contributed by atoms with Crippen molar-refractivity contribution in [1.82, 2.24) is 4.90 Å². The van der Waals surface area contributed by atoms with Crippen LogP contribution in [0.15, 0.2) is 60.7 Å². The molecule has 1 fully saturated rings. The number of ether oxygens (including phenoxy) is 1. The average molecular weight is 433 g/mol. The van der Waals surface area contributed by atoms with Crippen molar-refractivity contribution in [2.45, 2.75) is 38.5 Å². The molecule has 2 N–H and O–H groups in total. The number of carboxylic acid groups (broad SMARTS) is 2. The molecular weight excluding hydrogens is 410 g/mol. The molecule has 7 heteroatoms. The second-order valence-electron chi connectivity index (χ2n) is 8.00. The highest BCUT2D eigenvalue weighted by molar-refractivity contribution is 5.90. The zero-order valence-corrected chi connectivity index (χ0v) is 17.5. The first kappa shape index (κ1) is 21.4. The lowest BCUT2D eigenvalue weighted by molar-refractivity contribution is -0.142. The van der Waals surface area contributed by atoms with E-state index in [-0.39, 0.29) is 18.2 Å². The summed E-state index contributed by atoms with van der Waals surface area (Å²) >= 11 is 0. The molecule has 1 atom stereocenters. The number of aliphatic carboxylic acids is 1. The molecular formula is C25H23NO6. The number of rotatable bonds is 7. The molecule has 1 unspecified atom stereocenters. The van der Waals surface area contributed by atoms with Gasteiger partial charge in [-0.2, -0.15) is 0 Å². The zero-order chi connectivity index (χ0) is 22.8. The minimum Gasteiger partial charge on any atom is -0.480 e. The standard InChI is InChI=1S/C25H23NO6/c1-15(23(27)28)26(25(31)32-22-10-11-22)14-16-2-3-21-13-20(9-8-19(21)12-16)17-4-6-18(7-5-17)24(29)30/h2-9,12-13,15,22H,10-11,14H2,1H3,(H,27,28)(H,29,30). The zero-order valence-electron chi connectivity index (χ0n) is 17.5. The highest BCUT2D eigenvalue weighted by atomic mass is 16.6. The number of hydrogen-bond donors (Lipinski definition) is 2. The normalized spacial score (nSPS) is 14.0. The molecule has 32 heavy (non-hydrogen) atoms. The highest BCUT2D eigenvalue weighted by Gasteiger charge is 2.32. The largest absolute Gasteiger partial charge is 0.480 e. The van der Waals surface area contributed by atoms with Crippen molar-refractivity contribution in [1.29, 1.82) is 0 Å². The summed E-state index contributed by atoms with van der Waals surface area (Å²) in [6.07, 6.45) is 0.921. The van der Waals surface area contributed by atoms with Crippen LogP contribution in [-0.2, 0) is 16.1 Å². The van der Waals surface area contributed by atoms with E-state index in [2.05, 4.69) is 0 Å². The number of fused-ring (bicyclic) bond motifs is 1. The second-order valence-corrected chi connectivity index (χ2v) is 8.00. The summed E-state index contributed by atoms with van der Waals surface area (Å²) in [5, 5.41) is 20.4. The van der Waals surface area contributed by atoms with Crippen LogP contribution in [0.1, 0.15) is 35.7 Å². The highest BCUT2D eigenvalue weighted by Crippen LogP contribution is 2.28. The Balaban J connectivity index is 1.57. The van der Waals surface area contributed by atoms with Crippen LogP contribution in [0, 0.1) is 0 Å². The van der Waals surface area contributed by atoms with Crippen LogP contribution in [0.5, 0.6) is 0 Å². The maximum absolute atomic E-state index is 12.5. The lowest BCUT2D eigenvalue weighted by Crippen LogP contribution is -2.43. The molecule has 0 bridgehead atoms. The molecule has 1 saturated carbocycles. The smallest absolute Gasteiger partial charge is 0.411 e. The quantitative estimate of drug-likeness (QED) is 0.556. The van der Waals surface area contributed by atoms with E-state index in [1.54, 1.807) is 24.3 Å². The number of nitrogens with zero attached hydrogens (tertiary/aromatic N) is 1. The molecule has 0 aliphatic heterocycles. The Kier molecular flexibility index (Phi) is 5.81. The fourth-order valence-corrected chi connectivity index (χ4v) is 3.46. The van der Waals surface area contributed by atoms with Crippen molar-refractivity contribution in [3.05, 3.63) is 71.8 Å². The third-order valence-corrected chi connectivity index (χ3v) is 5.57. The predicted octanol–water partition coefficient (Wildman–Crippen LogP) is 4.78. The van der Waals surface area contributed by atoms with E-state index in [4.69, 9.17) is 9.84 Å². The van der Waals surface area contributed by atoms with Gasteiger partial charge >= 0.3 is 18.0 Å². The molecule has 7 nitrogen and oxygen atoms in total. The van der Waals surface area contributed by atoms with E-state index in [1.165, 1.54) is 11.8 Å². The van der Waals surface area contributed by atoms with Gasteiger partial charge < -0.3 is 14.9 Å². The molecule has 3 aromatic rings. The first-order valence-corrected chi connectivity index (χ1v) is 10.4. The molecule has 4 rings (SSSR count). The van der Waals surface area contributed by atoms with Gasteiger partial charge in [0.1, 0.15) is 12.1 Å². The van der Waals surface area contributed by atoms with E-state index in [0.717, 1.165) is 40.3 Å². The minimum absolute atomic E-state index is 0.106. The molecule has 1 aliphatic rings. The van der Waals surface area contributed by atoms with Gasteiger partial charge in [0.2, 0.25) is 0 Å². The molecule has 3 aromatic carbocycles. The summed E-state index contributed by atoms with van der Waals surface area (Å²) in [5.74, 6) is -2.05. The molecule has 0 heterocycles. The molecule has 164 valence electrons. The van der Waals surface area contributed by atoms with Crippen molar-refractivity contribution in [3.63, 3.8) is 0 Å². The van der Waals surface area contributed by atoms with Crippen LogP contribution in [0.2, 0.25) is 0 Å². The number of aromatic carboxylic acids is 1. The van der Waals surface area contributed by atoms with Crippen LogP contribution in [0.25, 0.3) is 21.9 Å². The predicted molar refractivity (Wildman–Crippen MR) is 118 cm³/mol. The van der Waals surface area contributed by atoms with Crippen molar-refractivity contribution in [2.24, 2.45) is 0 Å². The molecule has 0 spiro atoms. The summed E-state index contributed by atoms with van der Waals surface area (Å²) in [5.41, 5.74) is 2.90. The fourth-order valence-electron chi connectivity index (χ4n) is 3.46. The summed E-state index contributed by atoms with van der Waals surface area (Å²) < 4.78 is 5.33. The Morgan fingerprint density at radius 1 is 0.938 bits per heavy atom. The molecule has 1 amide bonds. The van der Waals surface area contributed by atoms with Crippen molar-refractivity contribution in [2.75, 3.05) is 0 Å². The molecule has 0 saturated heterocycles. The Labute approximate surface area is 184 Å². The molecule has 1 aliphatic carbocycles. The molecule has 0 radical (unpaired) electrons. The van der Waals surface area contributed by atoms with Crippen molar-refractivity contribution >= 4 is 28.8 Å². The Morgan fingerprint density at radius 2 is 1.56 bits per heavy atom. The first-order valence-electron chi connectivity index (χ1n) is 10.4. The number of amides is 1. The first-order chi connectivity index (χ1) is 15.3. The van der Waals surface area contributed by atoms with E-state index >= 15 is 0 Å². The number of carbonyl (C=O) groups is 3. The fraction of sp³-hybridized carbons (Fsp3) is 0.240. The Bertz CT molecular complexity index is 1180. The van der Waals surface area contributed by atoms with E-state index in [1.807, 2.05) is 36.4 Å². The lowest BCUT2D eigenvalue weighted by Gasteiger charge is -2.26. The van der Waals surface area contributed by atoms with Gasteiger partial charge in [-0.05, 0) is 71.5 Å². The number of hydrogen-bond acceptors (Lipinski definition) is 4. The lowest BCUT2D eigenvalue weighted by atomic mass is 9.99. The topological polar surface area (TPSA) is 104 Å². The number of carboxylic acids is 2. The van der Waals surface area contributed by atoms with Gasteiger partial charge in [0.25, 0.3) is 0 Å². The Morgan fingerprint density at radius 3 is 2.19 bits per heavy atom. The second kappa shape index (κ2) is 8.70. The van der Waals surface area contributed by atoms with E-state index in [9.17, 15) is 19.5 Å². The monoisotopic (exact) mass is 433 g/mol. The number of carbonyl (C=O) groups excluding carboxylic acids is 1. The van der Waals surface area contributed by atoms with Crippen LogP contribution < -0.4 is 0 Å². The van der Waals surface area contributed by atoms with Gasteiger partial charge in [0, 0.05) is 6.54 Å². The van der Waals surface area contributed by atoms with Crippen LogP contribution >= 0.6 is 0 Å². The van der Waals surface area contributed by atoms with Crippen LogP contribution in [0.4, 0.5) is 4.79 Å². The average Bonchev–Trinajstić information content (AvgIpc) is 3.60. The van der Waals surface area contributed by atoms with Crippen molar-refractivity contribution in [3.8, 4) is 11.1 Å². The minimum atomic E-state index is -1.09. The van der Waals surface area contributed by atoms with Crippen molar-refractivity contribution < 1.29 is 29.3 Å². The summed E-state index contributed by atoms with van der Waals surface area (Å²) in [7, 11) is 0. The SMILES string of the molecule is CC(C(=O)O)N(Cc1ccc2cc(-c3ccc(C(=O)O)cc3)ccc2c1)C(=O)OC1CC1. The maximum atomic E-state index is 12.5. The van der Waals surface area contributed by atoms with Gasteiger partial charge in [-0.15, -0.1) is 0 Å². The van der Waals surface area contributed by atoms with Gasteiger partial charge in [-0.3, -0.25) is 4.90 Å². The van der Waals surface area contributed by atoms with Gasteiger partial charge in [0.15, 0.2) is 0 Å². The van der Waals surface area contributed by atoms with Crippen LogP contribution in [0.3, 0.4) is 0 Å². The maximum Gasteiger partial charge on any atom is 0.411 e. The summed E-state index contributed by atoms with van der Waals surface area (Å²) in [6, 6.07) is 17.3. The third-order valence-electron chi connectivity index (χ3n) is 5.57.